The number of hydrogen-bond donors (Lipinski definition) is 0. The summed E-state index contributed by atoms with van der Waals surface area (Å²) >= 11 is 0. The Kier molecular flexibility index (Phi) is 8.19. The van der Waals surface area contributed by atoms with Crippen LogP contribution in [0, 0.1) is 5.41 Å². The molecule has 0 saturated carbocycles. The van der Waals surface area contributed by atoms with Crippen LogP contribution in [0.3, 0.4) is 0 Å². The van der Waals surface area contributed by atoms with Crippen LogP contribution in [0.15, 0.2) is 81.8 Å². The van der Waals surface area contributed by atoms with Gasteiger partial charge in [-0.3, -0.25) is 4.79 Å². The van der Waals surface area contributed by atoms with Crippen LogP contribution in [0.5, 0.6) is 0 Å². The Balaban J connectivity index is 2.29. The van der Waals surface area contributed by atoms with E-state index in [4.69, 9.17) is 0 Å². The lowest BCUT2D eigenvalue weighted by molar-refractivity contribution is -0.104. The predicted octanol–water partition coefficient (Wildman–Crippen LogP) is 6.39. The van der Waals surface area contributed by atoms with Crippen molar-refractivity contribution in [3.63, 3.8) is 0 Å². The van der Waals surface area contributed by atoms with Gasteiger partial charge in [-0.1, -0.05) is 67.0 Å². The van der Waals surface area contributed by atoms with Crippen LogP contribution >= 0.6 is 0 Å². The third-order valence-corrected chi connectivity index (χ3v) is 8.24. The zero-order valence-electron chi connectivity index (χ0n) is 18.8. The van der Waals surface area contributed by atoms with Gasteiger partial charge in [-0.2, -0.15) is 0 Å². The van der Waals surface area contributed by atoms with Gasteiger partial charge < -0.3 is 0 Å². The fourth-order valence-corrected chi connectivity index (χ4v) is 5.92. The van der Waals surface area contributed by atoms with E-state index < -0.39 is 15.1 Å². The number of aldehydes is 1. The van der Waals surface area contributed by atoms with Crippen molar-refractivity contribution in [3.8, 4) is 0 Å². The van der Waals surface area contributed by atoms with Gasteiger partial charge in [0.2, 0.25) is 0 Å². The first kappa shape index (κ1) is 24.1. The molecule has 0 fully saturated rings. The molecular weight excluding hydrogens is 392 g/mol. The summed E-state index contributed by atoms with van der Waals surface area (Å²) in [5.41, 5.74) is 4.55. The molecule has 0 amide bonds. The molecule has 1 aromatic rings. The van der Waals surface area contributed by atoms with Crippen LogP contribution in [0.4, 0.5) is 0 Å². The lowest BCUT2D eigenvalue weighted by atomic mass is 9.72. The van der Waals surface area contributed by atoms with Crippen molar-refractivity contribution in [2.75, 3.05) is 0 Å². The predicted molar refractivity (Wildman–Crippen MR) is 125 cm³/mol. The molecule has 0 aliphatic heterocycles. The summed E-state index contributed by atoms with van der Waals surface area (Å²) in [4.78, 5) is 11.3. The third kappa shape index (κ3) is 5.91. The molecule has 2 rings (SSSR count). The maximum Gasteiger partial charge on any atom is 0.185 e. The van der Waals surface area contributed by atoms with Crippen molar-refractivity contribution in [1.29, 1.82) is 0 Å². The Morgan fingerprint density at radius 1 is 1.17 bits per heavy atom. The molecule has 0 bridgehead atoms. The topological polar surface area (TPSA) is 51.2 Å². The molecule has 0 heterocycles. The van der Waals surface area contributed by atoms with Gasteiger partial charge in [0.15, 0.2) is 9.84 Å². The number of sulfone groups is 1. The molecule has 1 aliphatic rings. The van der Waals surface area contributed by atoms with E-state index in [1.165, 1.54) is 30.1 Å². The Morgan fingerprint density at radius 2 is 1.83 bits per heavy atom. The van der Waals surface area contributed by atoms with E-state index in [0.717, 1.165) is 12.0 Å². The standard InChI is InChI=1S/C26H34O3S/c1-20(13-15-24-21(2)10-9-18-26(24,4)5)14-16-25(22(3)17-19-27)30(28,29)23-11-7-6-8-12-23/h6-8,11-15,17,19,25H,9-10,16,18H2,1-5H3/b15-13+,20-14+,22-17+. The highest BCUT2D eigenvalue weighted by atomic mass is 32.2. The largest absolute Gasteiger partial charge is 0.299 e. The molecule has 4 heteroatoms. The lowest BCUT2D eigenvalue weighted by Gasteiger charge is -2.33. The van der Waals surface area contributed by atoms with E-state index in [-0.39, 0.29) is 10.3 Å². The van der Waals surface area contributed by atoms with E-state index in [0.29, 0.717) is 18.3 Å². The lowest BCUT2D eigenvalue weighted by Crippen LogP contribution is -2.22. The Bertz CT molecular complexity index is 974. The summed E-state index contributed by atoms with van der Waals surface area (Å²) in [5, 5.41) is -0.763. The monoisotopic (exact) mass is 426 g/mol. The number of carbonyl (C=O) groups excluding carboxylic acids is 1. The first-order valence-corrected chi connectivity index (χ1v) is 12.1. The van der Waals surface area contributed by atoms with E-state index in [9.17, 15) is 13.2 Å². The summed E-state index contributed by atoms with van der Waals surface area (Å²) in [6.07, 6.45) is 12.1. The summed E-state index contributed by atoms with van der Waals surface area (Å²) in [6.45, 7) is 10.5. The number of benzene rings is 1. The molecular formula is C26H34O3S. The SMILES string of the molecule is CC1=C(/C=C/C(C)=C/CC(/C(C)=C/C=O)S(=O)(=O)c2ccccc2)C(C)(C)CCC1. The average molecular weight is 427 g/mol. The molecule has 1 aromatic carbocycles. The van der Waals surface area contributed by atoms with E-state index >= 15 is 0 Å². The molecule has 0 N–H and O–H groups in total. The van der Waals surface area contributed by atoms with Crippen LogP contribution < -0.4 is 0 Å². The van der Waals surface area contributed by atoms with Crippen LogP contribution in [-0.4, -0.2) is 20.0 Å². The van der Waals surface area contributed by atoms with Crippen molar-refractivity contribution < 1.29 is 13.2 Å². The van der Waals surface area contributed by atoms with E-state index in [2.05, 4.69) is 32.9 Å². The van der Waals surface area contributed by atoms with Gasteiger partial charge in [-0.05, 0) is 75.7 Å². The molecule has 162 valence electrons. The zero-order chi connectivity index (χ0) is 22.4. The second-order valence-electron chi connectivity index (χ2n) is 8.84. The smallest absolute Gasteiger partial charge is 0.185 e. The number of carbonyl (C=O) groups is 1. The third-order valence-electron chi connectivity index (χ3n) is 5.99. The van der Waals surface area contributed by atoms with Crippen molar-refractivity contribution >= 4 is 16.1 Å². The van der Waals surface area contributed by atoms with Crippen molar-refractivity contribution in [3.05, 3.63) is 76.9 Å². The molecule has 30 heavy (non-hydrogen) atoms. The highest BCUT2D eigenvalue weighted by molar-refractivity contribution is 7.92. The highest BCUT2D eigenvalue weighted by Gasteiger charge is 2.28. The van der Waals surface area contributed by atoms with Crippen LogP contribution in [-0.2, 0) is 14.6 Å². The summed E-state index contributed by atoms with van der Waals surface area (Å²) < 4.78 is 26.4. The number of allylic oxidation sites excluding steroid dienone is 7. The number of rotatable bonds is 8. The van der Waals surface area contributed by atoms with Gasteiger partial charge >= 0.3 is 0 Å². The fraction of sp³-hybridized carbons (Fsp3) is 0.423. The molecule has 1 unspecified atom stereocenters. The Morgan fingerprint density at radius 3 is 2.43 bits per heavy atom. The maximum atomic E-state index is 13.2. The second kappa shape index (κ2) is 10.2. The maximum absolute atomic E-state index is 13.2. The molecule has 0 saturated heterocycles. The molecule has 0 aromatic heterocycles. The highest BCUT2D eigenvalue weighted by Crippen LogP contribution is 2.40. The van der Waals surface area contributed by atoms with Gasteiger partial charge in [0.1, 0.15) is 6.29 Å². The minimum Gasteiger partial charge on any atom is -0.299 e. The quantitative estimate of drug-likeness (QED) is 0.275. The summed E-state index contributed by atoms with van der Waals surface area (Å²) in [6, 6.07) is 8.43. The first-order chi connectivity index (χ1) is 14.1. The molecule has 1 aliphatic carbocycles. The van der Waals surface area contributed by atoms with Crippen LogP contribution in [0.1, 0.15) is 60.3 Å². The van der Waals surface area contributed by atoms with Gasteiger partial charge in [0.25, 0.3) is 0 Å². The number of hydrogen-bond acceptors (Lipinski definition) is 3. The van der Waals surface area contributed by atoms with E-state index in [1.807, 2.05) is 13.0 Å². The Hall–Kier alpha value is -2.20. The van der Waals surface area contributed by atoms with Crippen molar-refractivity contribution in [2.45, 2.75) is 70.4 Å². The van der Waals surface area contributed by atoms with Crippen molar-refractivity contribution in [1.82, 2.24) is 0 Å². The molecule has 3 nitrogen and oxygen atoms in total. The minimum atomic E-state index is -3.59. The average Bonchev–Trinajstić information content (AvgIpc) is 2.68. The first-order valence-electron chi connectivity index (χ1n) is 10.6. The van der Waals surface area contributed by atoms with Gasteiger partial charge in [-0.25, -0.2) is 8.42 Å². The van der Waals surface area contributed by atoms with Gasteiger partial charge in [0.05, 0.1) is 10.1 Å². The van der Waals surface area contributed by atoms with Crippen LogP contribution in [0.25, 0.3) is 0 Å². The van der Waals surface area contributed by atoms with E-state index in [1.54, 1.807) is 37.3 Å². The summed E-state index contributed by atoms with van der Waals surface area (Å²) in [7, 11) is -3.59. The normalized spacial score (nSPS) is 19.2. The van der Waals surface area contributed by atoms with Crippen LogP contribution in [0.2, 0.25) is 0 Å². The van der Waals surface area contributed by atoms with Gasteiger partial charge in [-0.15, -0.1) is 0 Å². The molecule has 1 atom stereocenters. The van der Waals surface area contributed by atoms with Gasteiger partial charge in [0, 0.05) is 0 Å². The fourth-order valence-electron chi connectivity index (χ4n) is 4.13. The Labute approximate surface area is 182 Å². The minimum absolute atomic E-state index is 0.168. The zero-order valence-corrected chi connectivity index (χ0v) is 19.6. The van der Waals surface area contributed by atoms with Crippen molar-refractivity contribution in [2.24, 2.45) is 5.41 Å². The summed E-state index contributed by atoms with van der Waals surface area (Å²) in [5.74, 6) is 0. The molecule has 0 spiro atoms. The second-order valence-corrected chi connectivity index (χ2v) is 11.0. The molecule has 0 radical (unpaired) electrons.